The number of carbonyl (C=O) groups is 1. The molecule has 0 radical (unpaired) electrons. The van der Waals surface area contributed by atoms with Crippen LogP contribution in [0.15, 0.2) is 29.4 Å². The molecule has 0 spiro atoms. The van der Waals surface area contributed by atoms with Gasteiger partial charge in [0.05, 0.1) is 5.56 Å². The molecule has 0 fully saturated rings. The molecule has 5 nitrogen and oxygen atoms in total. The Balaban J connectivity index is 2.48. The summed E-state index contributed by atoms with van der Waals surface area (Å²) in [5.74, 6) is -0.424. The molecule has 0 atom stereocenters. The summed E-state index contributed by atoms with van der Waals surface area (Å²) in [5, 5.41) is 13.6. The van der Waals surface area contributed by atoms with Gasteiger partial charge in [-0.1, -0.05) is 5.16 Å². The van der Waals surface area contributed by atoms with Gasteiger partial charge in [-0.05, 0) is 30.7 Å². The van der Waals surface area contributed by atoms with Crippen LogP contribution in [0.1, 0.15) is 28.8 Å². The first-order valence-electron chi connectivity index (χ1n) is 5.76. The lowest BCUT2D eigenvalue weighted by Crippen LogP contribution is -2.25. The van der Waals surface area contributed by atoms with E-state index >= 15 is 0 Å². The highest BCUT2D eigenvalue weighted by Crippen LogP contribution is 2.28. The lowest BCUT2D eigenvalue weighted by atomic mass is 10.1. The Kier molecular flexibility index (Phi) is 5.36. The van der Waals surface area contributed by atoms with Crippen LogP contribution in [0.4, 0.5) is 13.2 Å². The number of amidine groups is 1. The fraction of sp³-hybridized carbons (Fsp3) is 0.333. The van der Waals surface area contributed by atoms with Crippen molar-refractivity contribution in [3.8, 4) is 0 Å². The normalized spacial score (nSPS) is 12.2. The average molecular weight is 289 g/mol. The second-order valence-corrected chi connectivity index (χ2v) is 4.03. The monoisotopic (exact) mass is 289 g/mol. The second kappa shape index (κ2) is 6.78. The number of nitrogens with zero attached hydrogens (tertiary/aromatic N) is 1. The Morgan fingerprint density at radius 1 is 1.30 bits per heavy atom. The number of alkyl halides is 3. The molecule has 0 saturated carbocycles. The maximum atomic E-state index is 12.3. The highest BCUT2D eigenvalue weighted by Gasteiger charge is 2.30. The van der Waals surface area contributed by atoms with Gasteiger partial charge >= 0.3 is 6.18 Å². The van der Waals surface area contributed by atoms with E-state index in [1.54, 1.807) is 0 Å². The van der Waals surface area contributed by atoms with Crippen LogP contribution in [0.2, 0.25) is 0 Å². The van der Waals surface area contributed by atoms with Gasteiger partial charge in [-0.25, -0.2) is 0 Å². The van der Waals surface area contributed by atoms with Crippen LogP contribution in [-0.2, 0) is 6.18 Å². The SMILES string of the molecule is NC(CCCNC(=O)c1ccc(C(F)(F)F)cc1)=NO. The van der Waals surface area contributed by atoms with Crippen LogP contribution in [0.5, 0.6) is 0 Å². The van der Waals surface area contributed by atoms with Crippen LogP contribution in [0, 0.1) is 0 Å². The molecule has 4 N–H and O–H groups in total. The van der Waals surface area contributed by atoms with Crippen LogP contribution in [0.25, 0.3) is 0 Å². The summed E-state index contributed by atoms with van der Waals surface area (Å²) < 4.78 is 37.0. The number of amides is 1. The maximum absolute atomic E-state index is 12.3. The van der Waals surface area contributed by atoms with Gasteiger partial charge in [0.15, 0.2) is 0 Å². The molecule has 0 aliphatic rings. The molecule has 8 heteroatoms. The van der Waals surface area contributed by atoms with Gasteiger partial charge in [-0.15, -0.1) is 0 Å². The average Bonchev–Trinajstić information content (AvgIpc) is 2.42. The Morgan fingerprint density at radius 3 is 2.40 bits per heavy atom. The predicted molar refractivity (Wildman–Crippen MR) is 66.4 cm³/mol. The Labute approximate surface area is 113 Å². The summed E-state index contributed by atoms with van der Waals surface area (Å²) in [6.07, 6.45) is -3.65. The van der Waals surface area contributed by atoms with Gasteiger partial charge in [-0.2, -0.15) is 13.2 Å². The van der Waals surface area contributed by atoms with Crippen molar-refractivity contribution in [1.29, 1.82) is 0 Å². The molecule has 1 rings (SSSR count). The third kappa shape index (κ3) is 4.79. The molecule has 0 aromatic heterocycles. The highest BCUT2D eigenvalue weighted by atomic mass is 19.4. The van der Waals surface area contributed by atoms with Gasteiger partial charge < -0.3 is 16.3 Å². The minimum Gasteiger partial charge on any atom is -0.409 e. The van der Waals surface area contributed by atoms with Gasteiger partial charge in [-0.3, -0.25) is 4.79 Å². The summed E-state index contributed by atoms with van der Waals surface area (Å²) in [4.78, 5) is 11.6. The van der Waals surface area contributed by atoms with Crippen molar-refractivity contribution in [1.82, 2.24) is 5.32 Å². The summed E-state index contributed by atoms with van der Waals surface area (Å²) in [7, 11) is 0. The number of hydrogen-bond acceptors (Lipinski definition) is 3. The number of nitrogens with two attached hydrogens (primary N) is 1. The molecule has 1 amide bonds. The van der Waals surface area contributed by atoms with E-state index in [1.165, 1.54) is 0 Å². The molecule has 0 saturated heterocycles. The van der Waals surface area contributed by atoms with Crippen molar-refractivity contribution in [3.05, 3.63) is 35.4 Å². The topological polar surface area (TPSA) is 87.7 Å². The number of nitrogens with one attached hydrogen (secondary N) is 1. The maximum Gasteiger partial charge on any atom is 0.416 e. The van der Waals surface area contributed by atoms with E-state index in [0.717, 1.165) is 24.3 Å². The molecule has 20 heavy (non-hydrogen) atoms. The molecule has 0 aliphatic heterocycles. The van der Waals surface area contributed by atoms with E-state index in [4.69, 9.17) is 10.9 Å². The van der Waals surface area contributed by atoms with Crippen molar-refractivity contribution in [2.24, 2.45) is 10.9 Å². The standard InChI is InChI=1S/C12H14F3N3O2/c13-12(14,15)9-5-3-8(4-6-9)11(19)17-7-1-2-10(16)18-20/h3-6,20H,1-2,7H2,(H2,16,18)(H,17,19). The van der Waals surface area contributed by atoms with E-state index in [1.807, 2.05) is 0 Å². The minimum absolute atomic E-state index is 0.0498. The quantitative estimate of drug-likeness (QED) is 0.254. The number of carbonyl (C=O) groups excluding carboxylic acids is 1. The van der Waals surface area contributed by atoms with E-state index in [2.05, 4.69) is 10.5 Å². The largest absolute Gasteiger partial charge is 0.416 e. The molecular weight excluding hydrogens is 275 g/mol. The Hall–Kier alpha value is -2.25. The third-order valence-electron chi connectivity index (χ3n) is 2.50. The number of oxime groups is 1. The fourth-order valence-electron chi connectivity index (χ4n) is 1.43. The predicted octanol–water partition coefficient (Wildman–Crippen LogP) is 1.96. The third-order valence-corrected chi connectivity index (χ3v) is 2.50. The Bertz CT molecular complexity index is 484. The van der Waals surface area contributed by atoms with Crippen LogP contribution in [-0.4, -0.2) is 23.5 Å². The molecule has 0 heterocycles. The van der Waals surface area contributed by atoms with Crippen LogP contribution < -0.4 is 11.1 Å². The smallest absolute Gasteiger partial charge is 0.409 e. The lowest BCUT2D eigenvalue weighted by Gasteiger charge is -2.08. The Morgan fingerprint density at radius 2 is 1.90 bits per heavy atom. The molecule has 0 bridgehead atoms. The van der Waals surface area contributed by atoms with Gasteiger partial charge in [0.2, 0.25) is 0 Å². The first-order valence-corrected chi connectivity index (χ1v) is 5.76. The summed E-state index contributed by atoms with van der Waals surface area (Å²) >= 11 is 0. The summed E-state index contributed by atoms with van der Waals surface area (Å²) in [6, 6.07) is 3.93. The van der Waals surface area contributed by atoms with E-state index in [-0.39, 0.29) is 17.9 Å². The zero-order valence-corrected chi connectivity index (χ0v) is 10.4. The number of hydrogen-bond donors (Lipinski definition) is 3. The van der Waals surface area contributed by atoms with E-state index < -0.39 is 17.6 Å². The van der Waals surface area contributed by atoms with Crippen molar-refractivity contribution < 1.29 is 23.2 Å². The van der Waals surface area contributed by atoms with E-state index in [9.17, 15) is 18.0 Å². The second-order valence-electron chi connectivity index (χ2n) is 4.03. The first-order chi connectivity index (χ1) is 9.34. The van der Waals surface area contributed by atoms with Gasteiger partial charge in [0, 0.05) is 18.5 Å². The fourth-order valence-corrected chi connectivity index (χ4v) is 1.43. The number of rotatable bonds is 5. The van der Waals surface area contributed by atoms with Gasteiger partial charge in [0.25, 0.3) is 5.91 Å². The van der Waals surface area contributed by atoms with Crippen molar-refractivity contribution >= 4 is 11.7 Å². The zero-order chi connectivity index (χ0) is 15.2. The first kappa shape index (κ1) is 15.8. The molecule has 0 aliphatic carbocycles. The van der Waals surface area contributed by atoms with Crippen molar-refractivity contribution in [2.45, 2.75) is 19.0 Å². The highest BCUT2D eigenvalue weighted by molar-refractivity contribution is 5.94. The molecular formula is C12H14F3N3O2. The summed E-state index contributed by atoms with van der Waals surface area (Å²) in [5.41, 5.74) is 4.58. The molecule has 0 unspecified atom stereocenters. The summed E-state index contributed by atoms with van der Waals surface area (Å²) in [6.45, 7) is 0.274. The van der Waals surface area contributed by atoms with Gasteiger partial charge in [0.1, 0.15) is 5.84 Å². The molecule has 110 valence electrons. The minimum atomic E-state index is -4.42. The zero-order valence-electron chi connectivity index (χ0n) is 10.4. The lowest BCUT2D eigenvalue weighted by molar-refractivity contribution is -0.137. The van der Waals surface area contributed by atoms with E-state index in [0.29, 0.717) is 12.8 Å². The molecule has 1 aromatic carbocycles. The van der Waals surface area contributed by atoms with Crippen LogP contribution in [0.3, 0.4) is 0 Å². The van der Waals surface area contributed by atoms with Crippen molar-refractivity contribution in [3.63, 3.8) is 0 Å². The van der Waals surface area contributed by atoms with Crippen molar-refractivity contribution in [2.75, 3.05) is 6.54 Å². The molecule has 1 aromatic rings. The number of benzene rings is 1. The number of halogens is 3. The van der Waals surface area contributed by atoms with Crippen LogP contribution >= 0.6 is 0 Å².